The summed E-state index contributed by atoms with van der Waals surface area (Å²) in [5, 5.41) is 9.75. The van der Waals surface area contributed by atoms with Crippen molar-refractivity contribution in [3.8, 4) is 11.8 Å². The summed E-state index contributed by atoms with van der Waals surface area (Å²) in [5.74, 6) is 5.82. The van der Waals surface area contributed by atoms with Gasteiger partial charge in [-0.3, -0.25) is 9.69 Å². The van der Waals surface area contributed by atoms with Crippen LogP contribution in [0.5, 0.6) is 0 Å². The zero-order valence-corrected chi connectivity index (χ0v) is 19.6. The number of aliphatic hydroxyl groups is 1. The highest BCUT2D eigenvalue weighted by Crippen LogP contribution is 2.38. The van der Waals surface area contributed by atoms with Crippen molar-refractivity contribution in [2.45, 2.75) is 58.6 Å². The number of carbonyl (C=O) groups is 1. The van der Waals surface area contributed by atoms with Gasteiger partial charge in [0, 0.05) is 12.1 Å². The lowest BCUT2D eigenvalue weighted by molar-refractivity contribution is -0.159. The van der Waals surface area contributed by atoms with Gasteiger partial charge in [0.25, 0.3) is 0 Å². The molecule has 1 N–H and O–H groups in total. The number of carbonyl (C=O) groups excluding carboxylic acids is 1. The fourth-order valence-electron chi connectivity index (χ4n) is 4.18. The normalized spacial score (nSPS) is 16.1. The van der Waals surface area contributed by atoms with Crippen LogP contribution in [-0.2, 0) is 22.5 Å². The van der Waals surface area contributed by atoms with E-state index in [2.05, 4.69) is 53.1 Å². The highest BCUT2D eigenvalue weighted by molar-refractivity contribution is 5.77. The molecular weight excluding hydrogens is 398 g/mol. The minimum atomic E-state index is -0.988. The summed E-state index contributed by atoms with van der Waals surface area (Å²) in [6.45, 7) is 8.30. The third-order valence-corrected chi connectivity index (χ3v) is 6.13. The average Bonchev–Trinajstić information content (AvgIpc) is 2.79. The van der Waals surface area contributed by atoms with Crippen LogP contribution >= 0.6 is 0 Å². The minimum absolute atomic E-state index is 0.0367. The first kappa shape index (κ1) is 24.0. The van der Waals surface area contributed by atoms with Crippen LogP contribution < -0.4 is 0 Å². The predicted octanol–water partition coefficient (Wildman–Crippen LogP) is 4.59. The average molecular weight is 434 g/mol. The van der Waals surface area contributed by atoms with E-state index in [4.69, 9.17) is 4.74 Å². The van der Waals surface area contributed by atoms with E-state index < -0.39 is 5.60 Å². The topological polar surface area (TPSA) is 49.8 Å². The molecule has 0 aliphatic carbocycles. The van der Waals surface area contributed by atoms with E-state index in [9.17, 15) is 9.90 Å². The Morgan fingerprint density at radius 1 is 1.06 bits per heavy atom. The number of esters is 1. The van der Waals surface area contributed by atoms with Gasteiger partial charge in [-0.2, -0.15) is 0 Å². The summed E-state index contributed by atoms with van der Waals surface area (Å²) < 4.78 is 5.50. The van der Waals surface area contributed by atoms with Crippen molar-refractivity contribution in [1.29, 1.82) is 0 Å². The smallest absolute Gasteiger partial charge is 0.312 e. The Bertz CT molecular complexity index is 925. The van der Waals surface area contributed by atoms with Crippen LogP contribution in [-0.4, -0.2) is 41.3 Å². The number of hydrogen-bond acceptors (Lipinski definition) is 4. The number of piperidine rings is 1. The maximum Gasteiger partial charge on any atom is 0.312 e. The molecule has 4 heteroatoms. The van der Waals surface area contributed by atoms with Crippen molar-refractivity contribution in [2.75, 3.05) is 19.7 Å². The number of benzene rings is 2. The Kier molecular flexibility index (Phi) is 8.12. The van der Waals surface area contributed by atoms with Gasteiger partial charge in [-0.1, -0.05) is 54.3 Å². The highest BCUT2D eigenvalue weighted by atomic mass is 16.5. The van der Waals surface area contributed by atoms with Gasteiger partial charge in [0.2, 0.25) is 0 Å². The zero-order chi connectivity index (χ0) is 23.0. The summed E-state index contributed by atoms with van der Waals surface area (Å²) in [6.07, 6.45) is 3.38. The molecule has 1 fully saturated rings. The summed E-state index contributed by atoms with van der Waals surface area (Å²) >= 11 is 0. The first-order chi connectivity index (χ1) is 15.3. The molecule has 1 aliphatic heterocycles. The molecule has 0 radical (unpaired) electrons. The number of hydrogen-bond donors (Lipinski definition) is 1. The van der Waals surface area contributed by atoms with Gasteiger partial charge in [0.15, 0.2) is 0 Å². The second-order valence-electron chi connectivity index (χ2n) is 9.27. The molecule has 0 unspecified atom stereocenters. The Hall–Kier alpha value is -2.61. The Labute approximate surface area is 192 Å². The standard InChI is InChI=1S/C28H35NO3/c1-4-32-26(30)28(17-15-23-8-6-5-7-9-23)18-20-29(21-19-28)22-25-12-10-24(11-13-25)14-16-27(2,3)31/h5-13,31H,4,15,17-22H2,1-3H3. The number of ether oxygens (including phenoxy) is 1. The largest absolute Gasteiger partial charge is 0.466 e. The van der Waals surface area contributed by atoms with Crippen molar-refractivity contribution < 1.29 is 14.6 Å². The number of aryl methyl sites for hydroxylation is 1. The molecule has 1 aliphatic rings. The van der Waals surface area contributed by atoms with Gasteiger partial charge >= 0.3 is 5.97 Å². The molecule has 0 bridgehead atoms. The molecular formula is C28H35NO3. The van der Waals surface area contributed by atoms with E-state index >= 15 is 0 Å². The summed E-state index contributed by atoms with van der Waals surface area (Å²) in [5.41, 5.74) is 2.02. The van der Waals surface area contributed by atoms with Gasteiger partial charge in [0.1, 0.15) is 5.60 Å². The predicted molar refractivity (Wildman–Crippen MR) is 128 cm³/mol. The second kappa shape index (κ2) is 10.8. The van der Waals surface area contributed by atoms with Gasteiger partial charge < -0.3 is 9.84 Å². The van der Waals surface area contributed by atoms with Crippen molar-refractivity contribution in [2.24, 2.45) is 5.41 Å². The van der Waals surface area contributed by atoms with E-state index in [0.29, 0.717) is 6.61 Å². The summed E-state index contributed by atoms with van der Waals surface area (Å²) in [6, 6.07) is 18.6. The van der Waals surface area contributed by atoms with Crippen LogP contribution in [0, 0.1) is 17.3 Å². The van der Waals surface area contributed by atoms with Gasteiger partial charge in [-0.15, -0.1) is 0 Å². The molecule has 1 saturated heterocycles. The lowest BCUT2D eigenvalue weighted by atomic mass is 9.74. The summed E-state index contributed by atoms with van der Waals surface area (Å²) in [7, 11) is 0. The van der Waals surface area contributed by atoms with E-state index in [1.54, 1.807) is 13.8 Å². The van der Waals surface area contributed by atoms with Crippen molar-refractivity contribution >= 4 is 5.97 Å². The van der Waals surface area contributed by atoms with E-state index in [0.717, 1.165) is 50.9 Å². The molecule has 0 atom stereocenters. The molecule has 1 heterocycles. The number of likely N-dealkylation sites (tertiary alicyclic amines) is 1. The highest BCUT2D eigenvalue weighted by Gasteiger charge is 2.42. The first-order valence-corrected chi connectivity index (χ1v) is 11.6. The molecule has 4 nitrogen and oxygen atoms in total. The van der Waals surface area contributed by atoms with Crippen LogP contribution in [0.15, 0.2) is 54.6 Å². The molecule has 0 aromatic heterocycles. The monoisotopic (exact) mass is 433 g/mol. The van der Waals surface area contributed by atoms with Crippen LogP contribution in [0.25, 0.3) is 0 Å². The first-order valence-electron chi connectivity index (χ1n) is 11.6. The Balaban J connectivity index is 1.60. The third kappa shape index (κ3) is 6.95. The lowest BCUT2D eigenvalue weighted by Crippen LogP contribution is -2.45. The fraction of sp³-hybridized carbons (Fsp3) is 0.464. The Morgan fingerprint density at radius 3 is 2.31 bits per heavy atom. The SMILES string of the molecule is CCOC(=O)C1(CCc2ccccc2)CCN(Cc2ccc(C#CC(C)(C)O)cc2)CC1. The molecule has 32 heavy (non-hydrogen) atoms. The van der Waals surface area contributed by atoms with Gasteiger partial charge in [-0.05, 0) is 82.8 Å². The fourth-order valence-corrected chi connectivity index (χ4v) is 4.18. The van der Waals surface area contributed by atoms with E-state index in [-0.39, 0.29) is 11.4 Å². The van der Waals surface area contributed by atoms with Crippen LogP contribution in [0.2, 0.25) is 0 Å². The molecule has 170 valence electrons. The van der Waals surface area contributed by atoms with Crippen molar-refractivity contribution in [1.82, 2.24) is 4.90 Å². The van der Waals surface area contributed by atoms with Crippen LogP contribution in [0.3, 0.4) is 0 Å². The molecule has 0 amide bonds. The summed E-state index contributed by atoms with van der Waals surface area (Å²) in [4.78, 5) is 15.3. The number of nitrogens with zero attached hydrogens (tertiary/aromatic N) is 1. The lowest BCUT2D eigenvalue weighted by Gasteiger charge is -2.40. The molecule has 0 saturated carbocycles. The van der Waals surface area contributed by atoms with Crippen LogP contribution in [0.4, 0.5) is 0 Å². The Morgan fingerprint density at radius 2 is 1.72 bits per heavy atom. The van der Waals surface area contributed by atoms with Crippen molar-refractivity contribution in [3.05, 3.63) is 71.3 Å². The van der Waals surface area contributed by atoms with E-state index in [1.807, 2.05) is 25.1 Å². The van der Waals surface area contributed by atoms with Crippen LogP contribution in [0.1, 0.15) is 56.7 Å². The van der Waals surface area contributed by atoms with E-state index in [1.165, 1.54) is 11.1 Å². The molecule has 2 aromatic carbocycles. The zero-order valence-electron chi connectivity index (χ0n) is 19.6. The molecule has 3 rings (SSSR count). The maximum absolute atomic E-state index is 12.9. The molecule has 0 spiro atoms. The second-order valence-corrected chi connectivity index (χ2v) is 9.27. The quantitative estimate of drug-likeness (QED) is 0.513. The molecule has 2 aromatic rings. The number of rotatable bonds is 7. The maximum atomic E-state index is 12.9. The van der Waals surface area contributed by atoms with Gasteiger partial charge in [0.05, 0.1) is 12.0 Å². The minimum Gasteiger partial charge on any atom is -0.466 e. The van der Waals surface area contributed by atoms with Crippen molar-refractivity contribution in [3.63, 3.8) is 0 Å². The van der Waals surface area contributed by atoms with Gasteiger partial charge in [-0.25, -0.2) is 0 Å². The third-order valence-electron chi connectivity index (χ3n) is 6.13.